The van der Waals surface area contributed by atoms with Crippen LogP contribution in [0, 0.1) is 11.8 Å². The average Bonchev–Trinajstić information content (AvgIpc) is 2.80. The number of hydrogen-bond acceptors (Lipinski definition) is 3. The lowest BCUT2D eigenvalue weighted by atomic mass is 10.2. The van der Waals surface area contributed by atoms with Crippen LogP contribution >= 0.6 is 0 Å². The Kier molecular flexibility index (Phi) is 2.52. The molecule has 0 spiro atoms. The molecule has 90 valence electrons. The van der Waals surface area contributed by atoms with Crippen molar-refractivity contribution in [1.82, 2.24) is 10.6 Å². The number of nitrogens with one attached hydrogen (secondary N) is 2. The highest BCUT2D eigenvalue weighted by molar-refractivity contribution is 5.95. The molecule has 1 aliphatic heterocycles. The number of fused-ring (bicyclic) bond motifs is 1. The maximum atomic E-state index is 12.0. The number of carbonyl (C=O) groups excluding carboxylic acids is 1. The van der Waals surface area contributed by atoms with E-state index in [1.54, 1.807) is 13.2 Å². The Bertz CT molecular complexity index is 437. The van der Waals surface area contributed by atoms with Crippen molar-refractivity contribution in [1.29, 1.82) is 0 Å². The molecule has 0 bridgehead atoms. The summed E-state index contributed by atoms with van der Waals surface area (Å²) in [7, 11) is 1.61. The third kappa shape index (κ3) is 1.89. The molecule has 1 aromatic rings. The summed E-state index contributed by atoms with van der Waals surface area (Å²) in [5.74, 6) is 2.01. The minimum Gasteiger partial charge on any atom is -0.497 e. The Morgan fingerprint density at radius 3 is 2.88 bits per heavy atom. The topological polar surface area (TPSA) is 50.4 Å². The van der Waals surface area contributed by atoms with E-state index in [1.807, 2.05) is 18.2 Å². The van der Waals surface area contributed by atoms with E-state index in [2.05, 4.69) is 10.6 Å². The molecule has 2 aliphatic rings. The first-order chi connectivity index (χ1) is 8.29. The summed E-state index contributed by atoms with van der Waals surface area (Å²) < 4.78 is 5.11. The average molecular weight is 232 g/mol. The summed E-state index contributed by atoms with van der Waals surface area (Å²) in [6.07, 6.45) is 0. The number of benzene rings is 1. The van der Waals surface area contributed by atoms with Crippen LogP contribution < -0.4 is 15.4 Å². The third-order valence-electron chi connectivity index (χ3n) is 3.72. The Balaban J connectivity index is 1.65. The standard InChI is InChI=1S/C13H16N2O2/c1-17-9-4-2-3-8(5-9)13(16)15-12-10-6-14-7-11(10)12/h2-5,10-12,14H,6-7H2,1H3,(H,15,16). The Morgan fingerprint density at radius 2 is 2.18 bits per heavy atom. The SMILES string of the molecule is COc1cccc(C(=O)NC2C3CNCC32)c1. The van der Waals surface area contributed by atoms with Crippen molar-refractivity contribution in [3.05, 3.63) is 29.8 Å². The molecule has 1 amide bonds. The van der Waals surface area contributed by atoms with Gasteiger partial charge in [-0.2, -0.15) is 0 Å². The van der Waals surface area contributed by atoms with Crippen molar-refractivity contribution < 1.29 is 9.53 Å². The number of rotatable bonds is 3. The van der Waals surface area contributed by atoms with Crippen LogP contribution in [0.25, 0.3) is 0 Å². The molecule has 4 nitrogen and oxygen atoms in total. The van der Waals surface area contributed by atoms with Crippen LogP contribution in [0.5, 0.6) is 5.75 Å². The van der Waals surface area contributed by atoms with E-state index >= 15 is 0 Å². The monoisotopic (exact) mass is 232 g/mol. The van der Waals surface area contributed by atoms with Crippen molar-refractivity contribution in [2.75, 3.05) is 20.2 Å². The van der Waals surface area contributed by atoms with E-state index in [-0.39, 0.29) is 5.91 Å². The zero-order valence-corrected chi connectivity index (χ0v) is 9.77. The highest BCUT2D eigenvalue weighted by atomic mass is 16.5. The van der Waals surface area contributed by atoms with Crippen molar-refractivity contribution >= 4 is 5.91 Å². The summed E-state index contributed by atoms with van der Waals surface area (Å²) in [5.41, 5.74) is 0.669. The molecule has 4 heteroatoms. The predicted octanol–water partition coefficient (Wildman–Crippen LogP) is 0.643. The van der Waals surface area contributed by atoms with Crippen molar-refractivity contribution in [2.45, 2.75) is 6.04 Å². The van der Waals surface area contributed by atoms with Crippen LogP contribution in [0.3, 0.4) is 0 Å². The van der Waals surface area contributed by atoms with Gasteiger partial charge in [0.2, 0.25) is 0 Å². The van der Waals surface area contributed by atoms with Crippen molar-refractivity contribution in [2.24, 2.45) is 11.8 Å². The molecule has 2 unspecified atom stereocenters. The molecule has 1 aliphatic carbocycles. The Morgan fingerprint density at radius 1 is 1.41 bits per heavy atom. The van der Waals surface area contributed by atoms with Crippen molar-refractivity contribution in [3.63, 3.8) is 0 Å². The van der Waals surface area contributed by atoms with Crippen molar-refractivity contribution in [3.8, 4) is 5.75 Å². The molecule has 1 aromatic carbocycles. The first-order valence-corrected chi connectivity index (χ1v) is 5.95. The van der Waals surface area contributed by atoms with E-state index in [1.165, 1.54) is 0 Å². The zero-order valence-electron chi connectivity index (χ0n) is 9.77. The molecule has 17 heavy (non-hydrogen) atoms. The molecule has 2 fully saturated rings. The summed E-state index contributed by atoms with van der Waals surface area (Å²) in [4.78, 5) is 12.0. The number of methoxy groups -OCH3 is 1. The van der Waals surface area contributed by atoms with E-state index in [4.69, 9.17) is 4.74 Å². The lowest BCUT2D eigenvalue weighted by Gasteiger charge is -2.08. The molecule has 3 rings (SSSR count). The van der Waals surface area contributed by atoms with Gasteiger partial charge in [-0.1, -0.05) is 6.07 Å². The van der Waals surface area contributed by atoms with Gasteiger partial charge in [0.25, 0.3) is 5.91 Å². The van der Waals surface area contributed by atoms with Gasteiger partial charge in [-0.05, 0) is 30.0 Å². The molecule has 2 atom stereocenters. The van der Waals surface area contributed by atoms with Crippen LogP contribution in [0.1, 0.15) is 10.4 Å². The molecular weight excluding hydrogens is 216 g/mol. The van der Waals surface area contributed by atoms with Gasteiger partial charge in [0.1, 0.15) is 5.75 Å². The number of piperidine rings is 1. The van der Waals surface area contributed by atoms with E-state index in [0.29, 0.717) is 23.4 Å². The fourth-order valence-corrected chi connectivity index (χ4v) is 2.63. The maximum absolute atomic E-state index is 12.0. The summed E-state index contributed by atoms with van der Waals surface area (Å²) in [6, 6.07) is 7.63. The normalized spacial score (nSPS) is 29.6. The van der Waals surface area contributed by atoms with Crippen LogP contribution in [0.4, 0.5) is 0 Å². The highest BCUT2D eigenvalue weighted by Gasteiger charge is 2.53. The molecule has 1 saturated carbocycles. The molecule has 0 radical (unpaired) electrons. The molecular formula is C13H16N2O2. The van der Waals surface area contributed by atoms with Gasteiger partial charge in [-0.3, -0.25) is 4.79 Å². The van der Waals surface area contributed by atoms with Crippen LogP contribution in [-0.4, -0.2) is 32.1 Å². The van der Waals surface area contributed by atoms with E-state index in [0.717, 1.165) is 18.8 Å². The molecule has 1 heterocycles. The molecule has 1 saturated heterocycles. The van der Waals surface area contributed by atoms with Crippen LogP contribution in [0.15, 0.2) is 24.3 Å². The van der Waals surface area contributed by atoms with Gasteiger partial charge >= 0.3 is 0 Å². The smallest absolute Gasteiger partial charge is 0.251 e. The Hall–Kier alpha value is -1.55. The number of carbonyl (C=O) groups is 1. The van der Waals surface area contributed by atoms with E-state index in [9.17, 15) is 4.79 Å². The lowest BCUT2D eigenvalue weighted by Crippen LogP contribution is -2.32. The fraction of sp³-hybridized carbons (Fsp3) is 0.462. The molecule has 0 aromatic heterocycles. The minimum atomic E-state index is 0.00306. The quantitative estimate of drug-likeness (QED) is 0.804. The number of hydrogen-bond donors (Lipinski definition) is 2. The lowest BCUT2D eigenvalue weighted by molar-refractivity contribution is 0.0946. The minimum absolute atomic E-state index is 0.00306. The zero-order chi connectivity index (χ0) is 11.8. The van der Waals surface area contributed by atoms with Gasteiger partial charge in [0.05, 0.1) is 7.11 Å². The summed E-state index contributed by atoms with van der Waals surface area (Å²) >= 11 is 0. The molecule has 2 N–H and O–H groups in total. The van der Waals surface area contributed by atoms with Gasteiger partial charge in [0.15, 0.2) is 0 Å². The summed E-state index contributed by atoms with van der Waals surface area (Å²) in [6.45, 7) is 2.07. The third-order valence-corrected chi connectivity index (χ3v) is 3.72. The van der Waals surface area contributed by atoms with Crippen LogP contribution in [0.2, 0.25) is 0 Å². The van der Waals surface area contributed by atoms with Crippen LogP contribution in [-0.2, 0) is 0 Å². The largest absolute Gasteiger partial charge is 0.497 e. The summed E-state index contributed by atoms with van der Waals surface area (Å²) in [5, 5.41) is 6.40. The Labute approximate surface area is 100 Å². The van der Waals surface area contributed by atoms with Gasteiger partial charge < -0.3 is 15.4 Å². The first-order valence-electron chi connectivity index (χ1n) is 5.95. The second-order valence-corrected chi connectivity index (χ2v) is 4.72. The van der Waals surface area contributed by atoms with E-state index < -0.39 is 0 Å². The number of ether oxygens (including phenoxy) is 1. The fourth-order valence-electron chi connectivity index (χ4n) is 2.63. The van der Waals surface area contributed by atoms with Gasteiger partial charge in [-0.25, -0.2) is 0 Å². The van der Waals surface area contributed by atoms with Gasteiger partial charge in [0, 0.05) is 24.7 Å². The highest BCUT2D eigenvalue weighted by Crippen LogP contribution is 2.41. The van der Waals surface area contributed by atoms with Gasteiger partial charge in [-0.15, -0.1) is 0 Å². The maximum Gasteiger partial charge on any atom is 0.251 e. The predicted molar refractivity (Wildman–Crippen MR) is 64.1 cm³/mol. The number of amides is 1. The first kappa shape index (κ1) is 10.6. The second kappa shape index (κ2) is 4.04. The second-order valence-electron chi connectivity index (χ2n) is 4.72.